The summed E-state index contributed by atoms with van der Waals surface area (Å²) in [5.74, 6) is -30.0. The molecule has 6 rings (SSSR count). The predicted molar refractivity (Wildman–Crippen MR) is 444 cm³/mol. The number of Topliss-reactive ketones (excluding diaryl/α,β-unsaturated/α-hetero) is 1. The van der Waals surface area contributed by atoms with E-state index in [0.717, 1.165) is 78.6 Å². The van der Waals surface area contributed by atoms with E-state index in [1.54, 1.807) is 36.5 Å². The molecule has 127 heavy (non-hydrogen) atoms. The number of alkyl carbamates (subject to hydrolysis) is 1. The minimum absolute atomic E-state index is 0.0287. The number of carboxylic acids is 4. The number of allylic oxidation sites excluding steroid dienone is 1. The number of rotatable bonds is 36. The summed E-state index contributed by atoms with van der Waals surface area (Å²) in [5.41, 5.74) is 10.0. The van der Waals surface area contributed by atoms with Crippen molar-refractivity contribution in [2.75, 3.05) is 25.4 Å². The molecule has 15 amide bonds. The number of nitrogens with two attached hydrogens (primary N) is 2. The summed E-state index contributed by atoms with van der Waals surface area (Å²) in [7, 11) is 0. The molecule has 45 nitrogen and oxygen atoms in total. The molecule has 1 aromatic heterocycles. The number of nitrogen functional groups attached to an aromatic ring is 1. The number of anilines is 1. The van der Waals surface area contributed by atoms with E-state index >= 15 is 9.59 Å². The van der Waals surface area contributed by atoms with Gasteiger partial charge in [0.15, 0.2) is 5.78 Å². The minimum atomic E-state index is -2.49. The number of unbranched alkanes of at least 4 members (excludes halogenated alkanes) is 6. The number of cyclic esters (lactones) is 1. The van der Waals surface area contributed by atoms with Crippen molar-refractivity contribution in [1.82, 2.24) is 79.4 Å². The van der Waals surface area contributed by atoms with Crippen LogP contribution < -0.4 is 85.9 Å². The first-order chi connectivity index (χ1) is 60.2. The molecule has 1 spiro atoms. The molecule has 0 bridgehead atoms. The topological polar surface area (TPSA) is 714 Å². The van der Waals surface area contributed by atoms with Crippen molar-refractivity contribution in [3.05, 3.63) is 78.0 Å². The van der Waals surface area contributed by atoms with E-state index in [9.17, 15) is 117 Å². The molecule has 0 radical (unpaired) electrons. The van der Waals surface area contributed by atoms with Gasteiger partial charge >= 0.3 is 35.9 Å². The lowest BCUT2D eigenvalue weighted by Gasteiger charge is -2.30. The molecule has 1 saturated heterocycles. The van der Waals surface area contributed by atoms with E-state index < -0.39 is 279 Å². The fourth-order valence-electron chi connectivity index (χ4n) is 13.9. The third-order valence-electron chi connectivity index (χ3n) is 20.9. The molecule has 3 aromatic rings. The third kappa shape index (κ3) is 33.7. The molecule has 1 aliphatic heterocycles. The van der Waals surface area contributed by atoms with Crippen molar-refractivity contribution in [3.8, 4) is 0 Å². The fourth-order valence-corrected chi connectivity index (χ4v) is 13.9. The second-order valence-electron chi connectivity index (χ2n) is 31.3. The van der Waals surface area contributed by atoms with Crippen LogP contribution in [-0.2, 0) is 107 Å². The quantitative estimate of drug-likeness (QED) is 0.00918. The smallest absolute Gasteiger partial charge is 0.407 e. The van der Waals surface area contributed by atoms with Crippen LogP contribution in [0.5, 0.6) is 0 Å². The van der Waals surface area contributed by atoms with Gasteiger partial charge in [0.25, 0.3) is 0 Å². The van der Waals surface area contributed by atoms with Crippen LogP contribution in [-0.4, -0.2) is 259 Å². The Morgan fingerprint density at radius 1 is 0.606 bits per heavy atom. The number of hydrogen-bond donors (Lipinski definition) is 22. The summed E-state index contributed by atoms with van der Waals surface area (Å²) < 4.78 is 11.3. The van der Waals surface area contributed by atoms with Crippen molar-refractivity contribution in [2.24, 2.45) is 11.7 Å². The van der Waals surface area contributed by atoms with Crippen LogP contribution in [0.3, 0.4) is 0 Å². The van der Waals surface area contributed by atoms with E-state index in [-0.39, 0.29) is 37.1 Å². The average molecular weight is 1780 g/mol. The zero-order chi connectivity index (χ0) is 93.8. The van der Waals surface area contributed by atoms with Gasteiger partial charge in [-0.25, -0.2) is 9.59 Å². The summed E-state index contributed by atoms with van der Waals surface area (Å²) in [5, 5.41) is 82.9. The number of primary amides is 1. The summed E-state index contributed by atoms with van der Waals surface area (Å²) in [6.45, 7) is 2.24. The first kappa shape index (κ1) is 102. The first-order valence-corrected chi connectivity index (χ1v) is 41.7. The van der Waals surface area contributed by atoms with Crippen molar-refractivity contribution >= 4 is 141 Å². The average Bonchev–Trinajstić information content (AvgIpc) is 1.59. The molecular weight excluding hydrogens is 1670 g/mol. The highest BCUT2D eigenvalue weighted by Crippen LogP contribution is 2.37. The van der Waals surface area contributed by atoms with Gasteiger partial charge in [-0.05, 0) is 94.5 Å². The highest BCUT2D eigenvalue weighted by molar-refractivity contribution is 6.06. The lowest BCUT2D eigenvalue weighted by atomic mass is 9.95. The number of esters is 1. The number of aliphatic carboxylic acids is 4. The number of H-pyrrole nitrogens is 1. The van der Waals surface area contributed by atoms with E-state index in [1.165, 1.54) is 24.3 Å². The number of carboxylic acid groups (broad SMARTS) is 4. The summed E-state index contributed by atoms with van der Waals surface area (Å²) in [6.07, 6.45) is 0.448. The number of aromatic nitrogens is 1. The molecule has 2 aliphatic carbocycles. The number of ether oxygens (including phenoxy) is 2. The van der Waals surface area contributed by atoms with Crippen molar-refractivity contribution in [2.45, 2.75) is 260 Å². The molecule has 2 heterocycles. The van der Waals surface area contributed by atoms with Crippen LogP contribution in [0.25, 0.3) is 10.9 Å². The van der Waals surface area contributed by atoms with Gasteiger partial charge in [-0.1, -0.05) is 95.2 Å². The Morgan fingerprint density at radius 2 is 1.20 bits per heavy atom. The van der Waals surface area contributed by atoms with Crippen LogP contribution in [0, 0.1) is 5.92 Å². The number of amides is 15. The van der Waals surface area contributed by atoms with Crippen LogP contribution >= 0.6 is 0 Å². The van der Waals surface area contributed by atoms with Crippen LogP contribution in [0.2, 0.25) is 0 Å². The molecule has 24 N–H and O–H groups in total. The second kappa shape index (κ2) is 50.3. The Balaban J connectivity index is 1.43. The Morgan fingerprint density at radius 3 is 1.86 bits per heavy atom. The number of hydrogen-bond acceptors (Lipinski definition) is 25. The summed E-state index contributed by atoms with van der Waals surface area (Å²) in [6, 6.07) is -8.87. The largest absolute Gasteiger partial charge is 0.481 e. The molecule has 4 unspecified atom stereocenters. The van der Waals surface area contributed by atoms with Gasteiger partial charge in [-0.15, -0.1) is 0 Å². The maximum atomic E-state index is 15.0. The van der Waals surface area contributed by atoms with Gasteiger partial charge in [-0.3, -0.25) is 91.1 Å². The molecule has 694 valence electrons. The van der Waals surface area contributed by atoms with Crippen molar-refractivity contribution in [3.63, 3.8) is 0 Å². The predicted octanol–water partition coefficient (Wildman–Crippen LogP) is -2.82. The second-order valence-corrected chi connectivity index (χ2v) is 31.3. The molecule has 2 aromatic carbocycles. The Kier molecular flexibility index (Phi) is 40.5. The number of fused-ring (bicyclic) bond motifs is 1. The zero-order valence-electron chi connectivity index (χ0n) is 70.6. The molecular formula is C82H113N17O28. The number of carbonyl (C=O) groups excluding carboxylic acids is 17. The summed E-state index contributed by atoms with van der Waals surface area (Å²) in [4.78, 5) is 294. The lowest BCUT2D eigenvalue weighted by molar-refractivity contribution is -0.156. The van der Waals surface area contributed by atoms with E-state index in [2.05, 4.69) is 81.0 Å². The van der Waals surface area contributed by atoms with Gasteiger partial charge < -0.3 is 126 Å². The molecule has 45 heteroatoms. The standard InChI is InChI=1S/C82H113N17O28/c1-5-6-7-8-9-13-16-29-61(103)91-52(32-45-39-86-50-27-20-18-24-47(45)50)74(118)93-53(34-60(84)102)75(119)95-56(37-67(112)113)76(120)97-69-44(4)126-79(123)57(33-58(100)48-25-17-19-26-49(48)83)96-78(122)68(42(2)31-64(106)107)98-80(124)82(38-59(82)101)99-63(105)41-87-71(115)54(35-65(108)109)92-70(114)43(3)89-73(117)55(36-66(110)111)94-72(116)51(90-62(104)40-88-77(69)121)28-21-30-85-81(125)127-46-22-14-11-10-12-15-23-46/h14,17-20,22,24-27,39,42-44,46,51-57,59,68-69,86,101H,5-13,15-16,21,23,28-38,40-41,83H2,1-4H3,(H2,84,102)(H,85,125)(H,87,115)(H,88,121)(H,89,117)(H,90,104)(H,91,103)(H,92,114)(H,93,118)(H,94,116)(H,95,119)(H,96,122)(H,97,120)(H,98,124)(H,99,105)(H,106,107)(H,108,109)(H,110,111)(H,112,113)/t42?,43-,44-,46?,51+,52+,53-,54+,55+,56+,57+,59?,68+,69+,82?/m1/s1. The number of nitrogens with one attached hydrogen (secondary N) is 15. The highest BCUT2D eigenvalue weighted by atomic mass is 16.6. The maximum Gasteiger partial charge on any atom is 0.407 e. The highest BCUT2D eigenvalue weighted by Gasteiger charge is 2.62. The van der Waals surface area contributed by atoms with Crippen LogP contribution in [0.4, 0.5) is 10.5 Å². The first-order valence-electron chi connectivity index (χ1n) is 41.7. The summed E-state index contributed by atoms with van der Waals surface area (Å²) >= 11 is 0. The maximum absolute atomic E-state index is 15.0. The van der Waals surface area contributed by atoms with Crippen LogP contribution in [0.15, 0.2) is 66.9 Å². The fraction of sp³-hybridized carbons (Fsp3) is 0.549. The van der Waals surface area contributed by atoms with Crippen molar-refractivity contribution in [1.29, 1.82) is 0 Å². The van der Waals surface area contributed by atoms with Gasteiger partial charge in [0.05, 0.1) is 51.3 Å². The van der Waals surface area contributed by atoms with Gasteiger partial charge in [0.2, 0.25) is 82.7 Å². The number of aliphatic hydroxyl groups is 1. The van der Waals surface area contributed by atoms with E-state index in [1.807, 2.05) is 11.4 Å². The number of aliphatic hydroxyl groups excluding tert-OH is 1. The van der Waals surface area contributed by atoms with Gasteiger partial charge in [0, 0.05) is 60.6 Å². The number of ketones is 1. The number of aromatic amines is 1. The van der Waals surface area contributed by atoms with Gasteiger partial charge in [0.1, 0.15) is 78.2 Å². The molecule has 15 atom stereocenters. The lowest BCUT2D eigenvalue weighted by Crippen LogP contribution is -2.62. The Bertz CT molecular complexity index is 4560. The van der Waals surface area contributed by atoms with Crippen molar-refractivity contribution < 1.29 is 136 Å². The number of benzene rings is 2. The molecule has 2 fully saturated rings. The number of para-hydroxylation sites is 2. The van der Waals surface area contributed by atoms with E-state index in [4.69, 9.17) is 20.9 Å². The zero-order valence-corrected chi connectivity index (χ0v) is 70.6. The Hall–Kier alpha value is -13.7. The Labute approximate surface area is 727 Å². The normalized spacial score (nSPS) is 23.1. The monoisotopic (exact) mass is 1780 g/mol. The third-order valence-corrected chi connectivity index (χ3v) is 20.9. The minimum Gasteiger partial charge on any atom is -0.481 e. The molecule has 1 saturated carbocycles. The van der Waals surface area contributed by atoms with E-state index in [0.29, 0.717) is 35.7 Å². The van der Waals surface area contributed by atoms with Crippen LogP contribution in [0.1, 0.15) is 185 Å². The van der Waals surface area contributed by atoms with Gasteiger partial charge in [-0.2, -0.15) is 0 Å². The SMILES string of the molecule is CCCCCCCCCC(=O)N[C@@H](Cc1c[nH]c2ccccc12)C(=O)N[C@H](CC(N)=O)C(=O)N[C@@H](CC(=O)O)C(=O)N[C@@H]1C(=O)NCC(=O)N[C@@H](CCCNC(=O)OC2C=CCCCCC2)C(=O)N[C@@H](CC(=O)O)C(=O)N[C@H](C)C(=O)N[C@@H](CC(=O)O)C(=O)NCC(=O)NC2(CC2O)C(=O)N[C@@H](C(C)CC(=O)O)C(=O)N[C@@H](CC(=O)c2ccccc2N)C(=O)O[C@@H]1C. The number of carbonyl (C=O) groups is 21. The molecule has 3 aliphatic rings.